The summed E-state index contributed by atoms with van der Waals surface area (Å²) in [6, 6.07) is 0. The number of nitrogens with zero attached hydrogens (tertiary/aromatic N) is 8. The Hall–Kier alpha value is -5.16. The lowest BCUT2D eigenvalue weighted by atomic mass is 9.76. The number of amides is 3. The molecule has 53 heavy (non-hydrogen) atoms. The first kappa shape index (κ1) is 34.9. The number of hydrogen-bond donors (Lipinski definition) is 2. The second-order valence-electron chi connectivity index (χ2n) is 14.7. The normalized spacial score (nSPS) is 23.8. The topological polar surface area (TPSA) is 168 Å². The second-order valence-corrected chi connectivity index (χ2v) is 14.7. The molecule has 0 radical (unpaired) electrons. The van der Waals surface area contributed by atoms with Gasteiger partial charge in [0, 0.05) is 75.8 Å². The molecule has 6 aliphatic rings. The Kier molecular flexibility index (Phi) is 8.40. The Morgan fingerprint density at radius 3 is 2.45 bits per heavy atom. The number of aromatic nitrogens is 5. The first-order valence-corrected chi connectivity index (χ1v) is 18.0. The average Bonchev–Trinajstić information content (AvgIpc) is 3.92. The molecule has 0 unspecified atom stereocenters. The highest BCUT2D eigenvalue weighted by Gasteiger charge is 2.64. The number of rotatable bonds is 7. The maximum absolute atomic E-state index is 14.4. The number of aromatic hydroxyl groups is 1. The number of hydrogen-bond acceptors (Lipinski definition) is 10. The molecule has 3 amide bonds. The molecule has 3 aromatic heterocycles. The van der Waals surface area contributed by atoms with Crippen molar-refractivity contribution in [3.63, 3.8) is 0 Å². The van der Waals surface area contributed by atoms with Crippen LogP contribution in [0.3, 0.4) is 0 Å². The summed E-state index contributed by atoms with van der Waals surface area (Å²) in [7, 11) is 0. The van der Waals surface area contributed by atoms with Crippen molar-refractivity contribution in [2.45, 2.75) is 70.6 Å². The molecule has 3 aliphatic carbocycles. The van der Waals surface area contributed by atoms with E-state index in [1.165, 1.54) is 17.9 Å². The second kappa shape index (κ2) is 12.8. The SMILES string of the molecule is CCc1c(N2CCN(C(=O)c3ncc4c(c3O)CCO4)CC2)c(=O)c2nn(C3=CCN(C(C)=O)CC3)nc2n1CC(=O)NC12CC(C1)[C@H](C(F)(F)F)C2. The molecule has 2 bridgehead atoms. The number of alkyl halides is 3. The van der Waals surface area contributed by atoms with Crippen LogP contribution in [0.1, 0.15) is 61.3 Å². The number of carbonyl (C=O) groups excluding carboxylic acids is 3. The molecular weight excluding hydrogens is 699 g/mol. The van der Waals surface area contributed by atoms with Gasteiger partial charge in [-0.25, -0.2) is 4.98 Å². The van der Waals surface area contributed by atoms with Crippen molar-refractivity contribution in [3.8, 4) is 11.5 Å². The largest absolute Gasteiger partial charge is 0.505 e. The van der Waals surface area contributed by atoms with E-state index in [2.05, 4.69) is 20.5 Å². The highest BCUT2D eigenvalue weighted by atomic mass is 19.4. The lowest BCUT2D eigenvalue weighted by Crippen LogP contribution is -2.53. The van der Waals surface area contributed by atoms with Crippen molar-refractivity contribution in [3.05, 3.63) is 39.4 Å². The minimum absolute atomic E-state index is 0.0211. The third-order valence-corrected chi connectivity index (χ3v) is 11.5. The molecule has 0 spiro atoms. The molecule has 3 aromatic rings. The zero-order valence-corrected chi connectivity index (χ0v) is 29.4. The molecule has 1 atom stereocenters. The van der Waals surface area contributed by atoms with Crippen LogP contribution >= 0.6 is 0 Å². The third kappa shape index (κ3) is 5.95. The zero-order valence-electron chi connectivity index (χ0n) is 29.4. The van der Waals surface area contributed by atoms with Crippen LogP contribution in [0.2, 0.25) is 0 Å². The van der Waals surface area contributed by atoms with Crippen molar-refractivity contribution in [1.82, 2.24) is 39.7 Å². The van der Waals surface area contributed by atoms with Crippen molar-refractivity contribution < 1.29 is 37.4 Å². The van der Waals surface area contributed by atoms with Gasteiger partial charge in [-0.2, -0.15) is 18.0 Å². The molecule has 15 nitrogen and oxygen atoms in total. The first-order valence-electron chi connectivity index (χ1n) is 18.0. The van der Waals surface area contributed by atoms with Gasteiger partial charge in [0.25, 0.3) is 5.91 Å². The van der Waals surface area contributed by atoms with Gasteiger partial charge < -0.3 is 34.4 Å². The number of ether oxygens (including phenoxy) is 1. The van der Waals surface area contributed by atoms with Gasteiger partial charge in [-0.3, -0.25) is 19.2 Å². The standard InChI is InChI=1S/C35H40F3N9O6/c1-3-24-29(44-9-11-45(12-10-44)33(52)28-30(50)22-6-13-53-25(22)17-39-28)31(51)27-32(42-47(41-27)21-4-7-43(8-5-21)19(2)48)46(24)18-26(49)40-34-14-20(15-34)23(16-34)35(36,37)38/h4,17,20,23,50H,3,5-16,18H2,1-2H3,(H,40,49)/t20?,23-,34?/m1/s1. The molecule has 6 heterocycles. The third-order valence-electron chi connectivity index (χ3n) is 11.5. The summed E-state index contributed by atoms with van der Waals surface area (Å²) in [6.07, 6.45) is 0.530. The Labute approximate surface area is 301 Å². The molecule has 9 rings (SSSR count). The van der Waals surface area contributed by atoms with E-state index in [4.69, 9.17) is 4.74 Å². The molecule has 2 N–H and O–H groups in total. The van der Waals surface area contributed by atoms with Crippen molar-refractivity contribution in [1.29, 1.82) is 0 Å². The van der Waals surface area contributed by atoms with Gasteiger partial charge in [-0.1, -0.05) is 6.92 Å². The number of carbonyl (C=O) groups is 3. The minimum atomic E-state index is -4.32. The van der Waals surface area contributed by atoms with E-state index in [-0.39, 0.29) is 80.5 Å². The van der Waals surface area contributed by atoms with E-state index in [9.17, 15) is 37.5 Å². The fourth-order valence-electron chi connectivity index (χ4n) is 8.82. The Bertz CT molecular complexity index is 2110. The monoisotopic (exact) mass is 739 g/mol. The molecule has 282 valence electrons. The molecule has 1 saturated heterocycles. The summed E-state index contributed by atoms with van der Waals surface area (Å²) >= 11 is 0. The van der Waals surface area contributed by atoms with Crippen molar-refractivity contribution in [2.24, 2.45) is 11.8 Å². The summed E-state index contributed by atoms with van der Waals surface area (Å²) in [4.78, 5) is 64.1. The maximum atomic E-state index is 14.4. The molecular formula is C35H40F3N9O6. The maximum Gasteiger partial charge on any atom is 0.392 e. The number of pyridine rings is 2. The van der Waals surface area contributed by atoms with E-state index < -0.39 is 40.8 Å². The number of halogens is 3. The van der Waals surface area contributed by atoms with Gasteiger partial charge in [0.05, 0.1) is 24.4 Å². The Morgan fingerprint density at radius 1 is 1.06 bits per heavy atom. The Morgan fingerprint density at radius 2 is 1.81 bits per heavy atom. The summed E-state index contributed by atoms with van der Waals surface area (Å²) in [5.74, 6) is -2.68. The van der Waals surface area contributed by atoms with Gasteiger partial charge in [-0.15, -0.1) is 10.2 Å². The average molecular weight is 740 g/mol. The summed E-state index contributed by atoms with van der Waals surface area (Å²) in [6.45, 7) is 5.15. The minimum Gasteiger partial charge on any atom is -0.505 e. The van der Waals surface area contributed by atoms with E-state index in [0.29, 0.717) is 67.4 Å². The predicted octanol–water partition coefficient (Wildman–Crippen LogP) is 2.09. The van der Waals surface area contributed by atoms with Gasteiger partial charge in [0.15, 0.2) is 22.6 Å². The van der Waals surface area contributed by atoms with Gasteiger partial charge in [-0.05, 0) is 37.7 Å². The smallest absolute Gasteiger partial charge is 0.392 e. The molecule has 0 aromatic carbocycles. The first-order chi connectivity index (χ1) is 25.3. The van der Waals surface area contributed by atoms with E-state index >= 15 is 0 Å². The summed E-state index contributed by atoms with van der Waals surface area (Å²) < 4.78 is 48.0. The van der Waals surface area contributed by atoms with Crippen LogP contribution < -0.4 is 20.4 Å². The van der Waals surface area contributed by atoms with Crippen LogP contribution in [0, 0.1) is 11.8 Å². The quantitative estimate of drug-likeness (QED) is 0.366. The van der Waals surface area contributed by atoms with E-state index in [1.54, 1.807) is 14.4 Å². The van der Waals surface area contributed by atoms with Crippen LogP contribution in [0.25, 0.3) is 16.9 Å². The van der Waals surface area contributed by atoms with E-state index in [1.807, 2.05) is 17.9 Å². The number of anilines is 1. The van der Waals surface area contributed by atoms with Crippen molar-refractivity contribution >= 4 is 40.3 Å². The fraction of sp³-hybridized carbons (Fsp3) is 0.571. The molecule has 4 fully saturated rings. The number of nitrogens with one attached hydrogen (secondary N) is 1. The van der Waals surface area contributed by atoms with Gasteiger partial charge >= 0.3 is 6.18 Å². The summed E-state index contributed by atoms with van der Waals surface area (Å²) in [5, 5.41) is 23.0. The van der Waals surface area contributed by atoms with Crippen LogP contribution in [-0.4, -0.2) is 115 Å². The summed E-state index contributed by atoms with van der Waals surface area (Å²) in [5.41, 5.74) is 0.851. The van der Waals surface area contributed by atoms with Crippen molar-refractivity contribution in [2.75, 3.05) is 50.8 Å². The fourth-order valence-corrected chi connectivity index (χ4v) is 8.82. The molecule has 18 heteroatoms. The number of fused-ring (bicyclic) bond motifs is 3. The van der Waals surface area contributed by atoms with Crippen LogP contribution in [0.15, 0.2) is 17.1 Å². The Balaban J connectivity index is 1.10. The zero-order chi connectivity index (χ0) is 37.4. The van der Waals surface area contributed by atoms with Crippen LogP contribution in [0.4, 0.5) is 18.9 Å². The highest BCUT2D eigenvalue weighted by molar-refractivity contribution is 5.96. The lowest BCUT2D eigenvalue weighted by Gasteiger charge is -2.39. The van der Waals surface area contributed by atoms with E-state index in [0.717, 1.165) is 0 Å². The number of piperazine rings is 1. The predicted molar refractivity (Wildman–Crippen MR) is 183 cm³/mol. The van der Waals surface area contributed by atoms with Gasteiger partial charge in [0.2, 0.25) is 17.2 Å². The molecule has 3 saturated carbocycles. The lowest BCUT2D eigenvalue weighted by molar-refractivity contribution is -0.180. The highest BCUT2D eigenvalue weighted by Crippen LogP contribution is 2.60. The van der Waals surface area contributed by atoms with Crippen LogP contribution in [0.5, 0.6) is 11.5 Å². The van der Waals surface area contributed by atoms with Crippen LogP contribution in [-0.2, 0) is 29.0 Å². The molecule has 3 aliphatic heterocycles. The van der Waals surface area contributed by atoms with Gasteiger partial charge in [0.1, 0.15) is 18.0 Å².